The lowest BCUT2D eigenvalue weighted by molar-refractivity contribution is 0.389. The summed E-state index contributed by atoms with van der Waals surface area (Å²) in [6.07, 6.45) is 8.32. The van der Waals surface area contributed by atoms with E-state index < -0.39 is 0 Å². The smallest absolute Gasteiger partial charge is 0.00667 e. The maximum atomic E-state index is 3.74. The Labute approximate surface area is 83.6 Å². The van der Waals surface area contributed by atoms with Crippen molar-refractivity contribution >= 4 is 0 Å². The summed E-state index contributed by atoms with van der Waals surface area (Å²) in [4.78, 5) is 0. The molecule has 2 unspecified atom stereocenters. The molecule has 1 nitrogen and oxygen atoms in total. The molecule has 0 rings (SSSR count). The average Bonchev–Trinajstić information content (AvgIpc) is 2.16. The fourth-order valence-electron chi connectivity index (χ4n) is 1.54. The SMILES string of the molecule is C=CCCCC(CC(C)CC)NC. The summed E-state index contributed by atoms with van der Waals surface area (Å²) < 4.78 is 0. The van der Waals surface area contributed by atoms with Crippen LogP contribution in [-0.2, 0) is 0 Å². The van der Waals surface area contributed by atoms with Gasteiger partial charge in [0.05, 0.1) is 0 Å². The average molecular weight is 183 g/mol. The molecule has 0 bridgehead atoms. The minimum atomic E-state index is 0.704. The zero-order valence-electron chi connectivity index (χ0n) is 9.47. The molecule has 0 aliphatic rings. The molecule has 0 amide bonds. The van der Waals surface area contributed by atoms with Crippen LogP contribution in [0.5, 0.6) is 0 Å². The maximum Gasteiger partial charge on any atom is 0.00667 e. The third kappa shape index (κ3) is 6.83. The third-order valence-corrected chi connectivity index (χ3v) is 2.75. The molecule has 0 fully saturated rings. The summed E-state index contributed by atoms with van der Waals surface area (Å²) >= 11 is 0. The van der Waals surface area contributed by atoms with Crippen LogP contribution in [0.2, 0.25) is 0 Å². The summed E-state index contributed by atoms with van der Waals surface area (Å²) in [6, 6.07) is 0.704. The molecule has 0 saturated heterocycles. The van der Waals surface area contributed by atoms with Crippen LogP contribution in [0.15, 0.2) is 12.7 Å². The van der Waals surface area contributed by atoms with Gasteiger partial charge in [0.2, 0.25) is 0 Å². The zero-order chi connectivity index (χ0) is 10.1. The van der Waals surface area contributed by atoms with Crippen molar-refractivity contribution in [2.24, 2.45) is 5.92 Å². The summed E-state index contributed by atoms with van der Waals surface area (Å²) in [7, 11) is 2.07. The van der Waals surface area contributed by atoms with Crippen molar-refractivity contribution in [1.29, 1.82) is 0 Å². The van der Waals surface area contributed by atoms with Crippen LogP contribution >= 0.6 is 0 Å². The summed E-state index contributed by atoms with van der Waals surface area (Å²) in [5.74, 6) is 0.848. The van der Waals surface area contributed by atoms with Gasteiger partial charge in [-0.15, -0.1) is 6.58 Å². The highest BCUT2D eigenvalue weighted by atomic mass is 14.9. The van der Waals surface area contributed by atoms with E-state index in [0.717, 1.165) is 12.3 Å². The molecule has 0 aromatic heterocycles. The van der Waals surface area contributed by atoms with Crippen LogP contribution in [0.1, 0.15) is 46.0 Å². The van der Waals surface area contributed by atoms with E-state index in [4.69, 9.17) is 0 Å². The highest BCUT2D eigenvalue weighted by Crippen LogP contribution is 2.13. The van der Waals surface area contributed by atoms with Gasteiger partial charge in [-0.25, -0.2) is 0 Å². The second-order valence-corrected chi connectivity index (χ2v) is 3.95. The highest BCUT2D eigenvalue weighted by molar-refractivity contribution is 4.71. The van der Waals surface area contributed by atoms with Gasteiger partial charge in [0.1, 0.15) is 0 Å². The lowest BCUT2D eigenvalue weighted by Crippen LogP contribution is -2.27. The largest absolute Gasteiger partial charge is 0.317 e. The van der Waals surface area contributed by atoms with Gasteiger partial charge in [0.15, 0.2) is 0 Å². The molecule has 0 heterocycles. The Morgan fingerprint density at radius 3 is 2.62 bits per heavy atom. The lowest BCUT2D eigenvalue weighted by Gasteiger charge is -2.19. The summed E-state index contributed by atoms with van der Waals surface area (Å²) in [5.41, 5.74) is 0. The molecule has 1 N–H and O–H groups in total. The second-order valence-electron chi connectivity index (χ2n) is 3.95. The third-order valence-electron chi connectivity index (χ3n) is 2.75. The summed E-state index contributed by atoms with van der Waals surface area (Å²) in [5, 5.41) is 3.39. The number of nitrogens with one attached hydrogen (secondary N) is 1. The highest BCUT2D eigenvalue weighted by Gasteiger charge is 2.08. The maximum absolute atomic E-state index is 3.74. The molecule has 0 radical (unpaired) electrons. The predicted molar refractivity (Wildman–Crippen MR) is 61.0 cm³/mol. The van der Waals surface area contributed by atoms with Crippen molar-refractivity contribution in [3.05, 3.63) is 12.7 Å². The number of allylic oxidation sites excluding steroid dienone is 1. The first-order valence-corrected chi connectivity index (χ1v) is 5.52. The fourth-order valence-corrected chi connectivity index (χ4v) is 1.54. The minimum absolute atomic E-state index is 0.704. The number of hydrogen-bond donors (Lipinski definition) is 1. The Bertz CT molecular complexity index is 120. The quantitative estimate of drug-likeness (QED) is 0.449. The normalized spacial score (nSPS) is 15.3. The van der Waals surface area contributed by atoms with Gasteiger partial charge in [-0.2, -0.15) is 0 Å². The zero-order valence-corrected chi connectivity index (χ0v) is 9.47. The van der Waals surface area contributed by atoms with E-state index in [2.05, 4.69) is 32.8 Å². The van der Waals surface area contributed by atoms with E-state index in [0.29, 0.717) is 6.04 Å². The molecule has 78 valence electrons. The topological polar surface area (TPSA) is 12.0 Å². The van der Waals surface area contributed by atoms with E-state index in [9.17, 15) is 0 Å². The van der Waals surface area contributed by atoms with Crippen molar-refractivity contribution in [3.8, 4) is 0 Å². The van der Waals surface area contributed by atoms with E-state index in [1.165, 1.54) is 25.7 Å². The minimum Gasteiger partial charge on any atom is -0.317 e. The van der Waals surface area contributed by atoms with Crippen molar-refractivity contribution in [3.63, 3.8) is 0 Å². The monoisotopic (exact) mass is 183 g/mol. The molecule has 0 aliphatic heterocycles. The van der Waals surface area contributed by atoms with E-state index in [1.54, 1.807) is 0 Å². The molecule has 0 aromatic carbocycles. The molecular weight excluding hydrogens is 158 g/mol. The Morgan fingerprint density at radius 1 is 1.46 bits per heavy atom. The van der Waals surface area contributed by atoms with Crippen LogP contribution in [-0.4, -0.2) is 13.1 Å². The van der Waals surface area contributed by atoms with Gasteiger partial charge in [0.25, 0.3) is 0 Å². The summed E-state index contributed by atoms with van der Waals surface area (Å²) in [6.45, 7) is 8.34. The Balaban J connectivity index is 3.55. The first kappa shape index (κ1) is 12.7. The van der Waals surface area contributed by atoms with Gasteiger partial charge < -0.3 is 5.32 Å². The van der Waals surface area contributed by atoms with Crippen LogP contribution < -0.4 is 5.32 Å². The van der Waals surface area contributed by atoms with E-state index in [1.807, 2.05) is 6.08 Å². The van der Waals surface area contributed by atoms with Crippen molar-refractivity contribution < 1.29 is 0 Å². The molecule has 1 heteroatoms. The van der Waals surface area contributed by atoms with Gasteiger partial charge in [-0.05, 0) is 38.6 Å². The Morgan fingerprint density at radius 2 is 2.15 bits per heavy atom. The van der Waals surface area contributed by atoms with Gasteiger partial charge in [-0.3, -0.25) is 0 Å². The number of unbranched alkanes of at least 4 members (excludes halogenated alkanes) is 1. The van der Waals surface area contributed by atoms with Crippen LogP contribution in [0.25, 0.3) is 0 Å². The van der Waals surface area contributed by atoms with Crippen LogP contribution in [0.3, 0.4) is 0 Å². The van der Waals surface area contributed by atoms with Crippen molar-refractivity contribution in [1.82, 2.24) is 5.32 Å². The van der Waals surface area contributed by atoms with Gasteiger partial charge in [0, 0.05) is 6.04 Å². The second kappa shape index (κ2) is 8.31. The molecule has 0 spiro atoms. The Hall–Kier alpha value is -0.300. The molecule has 0 saturated carbocycles. The van der Waals surface area contributed by atoms with E-state index in [-0.39, 0.29) is 0 Å². The number of hydrogen-bond acceptors (Lipinski definition) is 1. The van der Waals surface area contributed by atoms with Crippen LogP contribution in [0.4, 0.5) is 0 Å². The first-order chi connectivity index (χ1) is 6.24. The first-order valence-electron chi connectivity index (χ1n) is 5.52. The molecule has 2 atom stereocenters. The fraction of sp³-hybridized carbons (Fsp3) is 0.833. The van der Waals surface area contributed by atoms with Crippen molar-refractivity contribution in [2.45, 2.75) is 52.0 Å². The Kier molecular flexibility index (Phi) is 8.11. The van der Waals surface area contributed by atoms with Gasteiger partial charge >= 0.3 is 0 Å². The van der Waals surface area contributed by atoms with Crippen molar-refractivity contribution in [2.75, 3.05) is 7.05 Å². The standard InChI is InChI=1S/C12H25N/c1-5-7-8-9-12(13-4)10-11(3)6-2/h5,11-13H,1,6-10H2,2-4H3. The molecule has 0 aromatic rings. The van der Waals surface area contributed by atoms with E-state index >= 15 is 0 Å². The lowest BCUT2D eigenvalue weighted by atomic mass is 9.96. The van der Waals surface area contributed by atoms with Crippen LogP contribution in [0, 0.1) is 5.92 Å². The molecule has 13 heavy (non-hydrogen) atoms. The number of rotatable bonds is 8. The van der Waals surface area contributed by atoms with Gasteiger partial charge in [-0.1, -0.05) is 26.3 Å². The molecular formula is C12H25N. The molecule has 0 aliphatic carbocycles. The predicted octanol–water partition coefficient (Wildman–Crippen LogP) is 3.37.